The fourth-order valence-corrected chi connectivity index (χ4v) is 4.16. The van der Waals surface area contributed by atoms with Crippen LogP contribution in [0, 0.1) is 5.92 Å². The van der Waals surface area contributed by atoms with E-state index in [9.17, 15) is 4.79 Å². The van der Waals surface area contributed by atoms with Gasteiger partial charge < -0.3 is 10.6 Å². The number of carbonyl (C=O) groups is 1. The topological polar surface area (TPSA) is 75.3 Å². The molecule has 1 aliphatic heterocycles. The highest BCUT2D eigenvalue weighted by Crippen LogP contribution is 2.26. The first kappa shape index (κ1) is 17.2. The maximum Gasteiger partial charge on any atom is 0.225 e. The molecule has 1 aromatic carbocycles. The van der Waals surface area contributed by atoms with Crippen LogP contribution in [-0.2, 0) is 11.3 Å². The van der Waals surface area contributed by atoms with Crippen molar-refractivity contribution in [1.82, 2.24) is 19.8 Å². The summed E-state index contributed by atoms with van der Waals surface area (Å²) in [5.74, 6) is 1.93. The number of carbonyl (C=O) groups excluding carboxylic acids is 1. The van der Waals surface area contributed by atoms with Crippen LogP contribution < -0.4 is 5.73 Å². The third-order valence-corrected chi connectivity index (χ3v) is 5.68. The number of nitrogens with zero attached hydrogens (tertiary/aromatic N) is 4. The second-order valence-electron chi connectivity index (χ2n) is 7.48. The molecule has 1 amide bonds. The van der Waals surface area contributed by atoms with Gasteiger partial charge in [-0.2, -0.15) is 0 Å². The number of para-hydroxylation sites is 1. The molecule has 2 aliphatic rings. The van der Waals surface area contributed by atoms with Crippen LogP contribution in [0.5, 0.6) is 0 Å². The summed E-state index contributed by atoms with van der Waals surface area (Å²) in [6, 6.07) is 7.83. The van der Waals surface area contributed by atoms with Crippen molar-refractivity contribution in [3.8, 4) is 0 Å². The number of nitrogen functional groups attached to an aromatic ring is 1. The molecule has 138 valence electrons. The average molecular weight is 353 g/mol. The number of nitrogens with two attached hydrogens (primary N) is 1. The van der Waals surface area contributed by atoms with Crippen molar-refractivity contribution >= 4 is 22.6 Å². The lowest BCUT2D eigenvalue weighted by atomic mass is 9.88. The number of fused-ring (bicyclic) bond motifs is 1. The summed E-state index contributed by atoms with van der Waals surface area (Å²) in [5.41, 5.74) is 6.97. The highest BCUT2D eigenvalue weighted by atomic mass is 16.2. The zero-order valence-electron chi connectivity index (χ0n) is 15.2. The Labute approximate surface area is 154 Å². The van der Waals surface area contributed by atoms with Crippen LogP contribution in [0.3, 0.4) is 0 Å². The van der Waals surface area contributed by atoms with E-state index in [4.69, 9.17) is 5.73 Å². The molecular weight excluding hydrogens is 326 g/mol. The van der Waals surface area contributed by atoms with Crippen LogP contribution >= 0.6 is 0 Å². The van der Waals surface area contributed by atoms with Crippen molar-refractivity contribution in [2.45, 2.75) is 38.6 Å². The minimum Gasteiger partial charge on any atom is -0.383 e. The predicted molar refractivity (Wildman–Crippen MR) is 102 cm³/mol. The molecule has 2 heterocycles. The molecule has 0 unspecified atom stereocenters. The van der Waals surface area contributed by atoms with Crippen molar-refractivity contribution in [1.29, 1.82) is 0 Å². The molecule has 6 nitrogen and oxygen atoms in total. The van der Waals surface area contributed by atoms with Gasteiger partial charge in [-0.1, -0.05) is 31.4 Å². The van der Waals surface area contributed by atoms with Crippen LogP contribution in [0.1, 0.15) is 37.9 Å². The van der Waals surface area contributed by atoms with Crippen molar-refractivity contribution in [3.05, 3.63) is 30.1 Å². The molecule has 1 saturated carbocycles. The second kappa shape index (κ2) is 7.58. The van der Waals surface area contributed by atoms with E-state index in [1.54, 1.807) is 0 Å². The minimum atomic E-state index is 0.263. The fourth-order valence-electron chi connectivity index (χ4n) is 4.16. The van der Waals surface area contributed by atoms with Gasteiger partial charge in [0, 0.05) is 37.5 Å². The van der Waals surface area contributed by atoms with E-state index >= 15 is 0 Å². The third kappa shape index (κ3) is 3.65. The fraction of sp³-hybridized carbons (Fsp3) is 0.550. The van der Waals surface area contributed by atoms with Gasteiger partial charge in [0.1, 0.15) is 11.6 Å². The highest BCUT2D eigenvalue weighted by molar-refractivity contribution is 5.87. The van der Waals surface area contributed by atoms with E-state index in [1.807, 2.05) is 24.3 Å². The van der Waals surface area contributed by atoms with Crippen molar-refractivity contribution < 1.29 is 4.79 Å². The lowest BCUT2D eigenvalue weighted by Gasteiger charge is -2.36. The molecule has 1 aromatic heterocycles. The van der Waals surface area contributed by atoms with Gasteiger partial charge in [0.05, 0.1) is 12.1 Å². The number of benzene rings is 1. The number of hydrogen-bond donors (Lipinski definition) is 1. The Bertz CT molecular complexity index is 779. The molecule has 0 bridgehead atoms. The number of amides is 1. The SMILES string of the molecule is Nc1nc(CN2CCN(C(=O)C3CCCCC3)CC2)nc2ccccc12. The number of piperazine rings is 1. The van der Waals surface area contributed by atoms with Crippen LogP contribution in [0.2, 0.25) is 0 Å². The van der Waals surface area contributed by atoms with Gasteiger partial charge >= 0.3 is 0 Å². The molecule has 0 atom stereocenters. The molecule has 1 saturated heterocycles. The van der Waals surface area contributed by atoms with Crippen LogP contribution in [-0.4, -0.2) is 51.9 Å². The second-order valence-corrected chi connectivity index (χ2v) is 7.48. The Kier molecular flexibility index (Phi) is 5.02. The van der Waals surface area contributed by atoms with E-state index in [2.05, 4.69) is 19.8 Å². The smallest absolute Gasteiger partial charge is 0.225 e. The minimum absolute atomic E-state index is 0.263. The van der Waals surface area contributed by atoms with Gasteiger partial charge in [-0.25, -0.2) is 9.97 Å². The van der Waals surface area contributed by atoms with Crippen LogP contribution in [0.15, 0.2) is 24.3 Å². The Morgan fingerprint density at radius 2 is 1.77 bits per heavy atom. The molecule has 1 aliphatic carbocycles. The summed E-state index contributed by atoms with van der Waals surface area (Å²) in [7, 11) is 0. The number of hydrogen-bond acceptors (Lipinski definition) is 5. The molecule has 2 N–H and O–H groups in total. The summed E-state index contributed by atoms with van der Waals surface area (Å²) < 4.78 is 0. The standard InChI is InChI=1S/C20H27N5O/c21-19-16-8-4-5-9-17(16)22-18(23-19)14-24-10-12-25(13-11-24)20(26)15-6-2-1-3-7-15/h4-5,8-9,15H,1-3,6-7,10-14H2,(H2,21,22,23). The van der Waals surface area contributed by atoms with Gasteiger partial charge in [-0.15, -0.1) is 0 Å². The third-order valence-electron chi connectivity index (χ3n) is 5.68. The Morgan fingerprint density at radius 1 is 1.04 bits per heavy atom. The summed E-state index contributed by atoms with van der Waals surface area (Å²) in [5, 5.41) is 0.902. The molecular formula is C20H27N5O. The van der Waals surface area contributed by atoms with Gasteiger partial charge in [0.25, 0.3) is 0 Å². The molecule has 26 heavy (non-hydrogen) atoms. The lowest BCUT2D eigenvalue weighted by molar-refractivity contribution is -0.138. The monoisotopic (exact) mass is 353 g/mol. The number of anilines is 1. The average Bonchev–Trinajstić information content (AvgIpc) is 2.69. The predicted octanol–water partition coefficient (Wildman–Crippen LogP) is 2.44. The quantitative estimate of drug-likeness (QED) is 0.917. The van der Waals surface area contributed by atoms with E-state index in [1.165, 1.54) is 19.3 Å². The Hall–Kier alpha value is -2.21. The van der Waals surface area contributed by atoms with Crippen LogP contribution in [0.25, 0.3) is 10.9 Å². The van der Waals surface area contributed by atoms with E-state index in [0.717, 1.165) is 55.7 Å². The molecule has 2 aromatic rings. The zero-order chi connectivity index (χ0) is 17.9. The Balaban J connectivity index is 1.36. The van der Waals surface area contributed by atoms with Gasteiger partial charge in [-0.3, -0.25) is 9.69 Å². The number of aromatic nitrogens is 2. The highest BCUT2D eigenvalue weighted by Gasteiger charge is 2.28. The molecule has 2 fully saturated rings. The van der Waals surface area contributed by atoms with E-state index in [0.29, 0.717) is 18.3 Å². The van der Waals surface area contributed by atoms with Crippen molar-refractivity contribution in [2.75, 3.05) is 31.9 Å². The van der Waals surface area contributed by atoms with Gasteiger partial charge in [-0.05, 0) is 25.0 Å². The molecule has 4 rings (SSSR count). The van der Waals surface area contributed by atoms with Crippen LogP contribution in [0.4, 0.5) is 5.82 Å². The maximum absolute atomic E-state index is 12.7. The lowest BCUT2D eigenvalue weighted by Crippen LogP contribution is -2.50. The first-order valence-electron chi connectivity index (χ1n) is 9.73. The summed E-state index contributed by atoms with van der Waals surface area (Å²) >= 11 is 0. The maximum atomic E-state index is 12.7. The summed E-state index contributed by atoms with van der Waals surface area (Å²) in [4.78, 5) is 26.2. The van der Waals surface area contributed by atoms with Gasteiger partial charge in [0.2, 0.25) is 5.91 Å². The van der Waals surface area contributed by atoms with E-state index < -0.39 is 0 Å². The Morgan fingerprint density at radius 3 is 2.54 bits per heavy atom. The van der Waals surface area contributed by atoms with E-state index in [-0.39, 0.29) is 5.92 Å². The first-order chi connectivity index (χ1) is 12.7. The largest absolute Gasteiger partial charge is 0.383 e. The molecule has 0 radical (unpaired) electrons. The summed E-state index contributed by atoms with van der Waals surface area (Å²) in [6.45, 7) is 4.03. The zero-order valence-corrected chi connectivity index (χ0v) is 15.2. The molecule has 6 heteroatoms. The summed E-state index contributed by atoms with van der Waals surface area (Å²) in [6.07, 6.45) is 5.84. The van der Waals surface area contributed by atoms with Crippen molar-refractivity contribution in [3.63, 3.8) is 0 Å². The van der Waals surface area contributed by atoms with Gasteiger partial charge in [0.15, 0.2) is 0 Å². The number of rotatable bonds is 3. The van der Waals surface area contributed by atoms with Crippen molar-refractivity contribution in [2.24, 2.45) is 5.92 Å². The molecule has 0 spiro atoms. The normalized spacial score (nSPS) is 19.8. The first-order valence-corrected chi connectivity index (χ1v) is 9.73.